The predicted molar refractivity (Wildman–Crippen MR) is 72.6 cm³/mol. The van der Waals surface area contributed by atoms with E-state index in [4.69, 9.17) is 12.2 Å². The van der Waals surface area contributed by atoms with Gasteiger partial charge in [0.05, 0.1) is 0 Å². The minimum absolute atomic E-state index is 0.636. The van der Waals surface area contributed by atoms with E-state index >= 15 is 0 Å². The molecule has 2 fully saturated rings. The van der Waals surface area contributed by atoms with Crippen molar-refractivity contribution in [2.75, 3.05) is 6.54 Å². The Labute approximate surface area is 105 Å². The maximum atomic E-state index is 5.31. The lowest BCUT2D eigenvalue weighted by Crippen LogP contribution is -2.42. The lowest BCUT2D eigenvalue weighted by atomic mass is 9.96. The molecule has 2 N–H and O–H groups in total. The fourth-order valence-corrected chi connectivity index (χ4v) is 2.75. The SMILES string of the molecule is S=C(NCCCC1CC1)NC1CCCCC1. The van der Waals surface area contributed by atoms with Crippen molar-refractivity contribution in [2.45, 2.75) is 63.8 Å². The molecule has 0 spiro atoms. The van der Waals surface area contributed by atoms with Crippen LogP contribution in [0.1, 0.15) is 57.8 Å². The van der Waals surface area contributed by atoms with Crippen LogP contribution in [0.3, 0.4) is 0 Å². The predicted octanol–water partition coefficient (Wildman–Crippen LogP) is 2.97. The second-order valence-electron chi connectivity index (χ2n) is 5.32. The van der Waals surface area contributed by atoms with E-state index in [-0.39, 0.29) is 0 Å². The van der Waals surface area contributed by atoms with Gasteiger partial charge in [-0.25, -0.2) is 0 Å². The summed E-state index contributed by atoms with van der Waals surface area (Å²) in [6.07, 6.45) is 12.3. The quantitative estimate of drug-likeness (QED) is 0.571. The summed E-state index contributed by atoms with van der Waals surface area (Å²) in [6.45, 7) is 1.05. The van der Waals surface area contributed by atoms with E-state index in [9.17, 15) is 0 Å². The Morgan fingerprint density at radius 2 is 1.81 bits per heavy atom. The van der Waals surface area contributed by atoms with Gasteiger partial charge in [0.2, 0.25) is 0 Å². The summed E-state index contributed by atoms with van der Waals surface area (Å²) < 4.78 is 0. The highest BCUT2D eigenvalue weighted by molar-refractivity contribution is 7.80. The molecule has 92 valence electrons. The molecule has 0 saturated heterocycles. The summed E-state index contributed by atoms with van der Waals surface area (Å²) in [5, 5.41) is 7.65. The Hall–Kier alpha value is -0.310. The van der Waals surface area contributed by atoms with Crippen LogP contribution in [0.4, 0.5) is 0 Å². The van der Waals surface area contributed by atoms with E-state index in [1.807, 2.05) is 0 Å². The molecule has 16 heavy (non-hydrogen) atoms. The molecule has 0 radical (unpaired) electrons. The molecular formula is C13H24N2S. The van der Waals surface area contributed by atoms with Crippen molar-refractivity contribution in [3.05, 3.63) is 0 Å². The minimum atomic E-state index is 0.636. The van der Waals surface area contributed by atoms with Gasteiger partial charge in [-0.15, -0.1) is 0 Å². The third-order valence-corrected chi connectivity index (χ3v) is 3.97. The van der Waals surface area contributed by atoms with E-state index in [2.05, 4.69) is 10.6 Å². The summed E-state index contributed by atoms with van der Waals surface area (Å²) in [5.74, 6) is 1.04. The Morgan fingerprint density at radius 3 is 2.50 bits per heavy atom. The molecule has 0 aliphatic heterocycles. The van der Waals surface area contributed by atoms with Crippen molar-refractivity contribution >= 4 is 17.3 Å². The molecule has 0 heterocycles. The maximum absolute atomic E-state index is 5.31. The van der Waals surface area contributed by atoms with Gasteiger partial charge in [-0.05, 0) is 43.8 Å². The third-order valence-electron chi connectivity index (χ3n) is 3.71. The zero-order valence-corrected chi connectivity index (χ0v) is 11.0. The van der Waals surface area contributed by atoms with E-state index in [0.717, 1.165) is 17.6 Å². The monoisotopic (exact) mass is 240 g/mol. The first kappa shape index (κ1) is 12.2. The Kier molecular flexibility index (Phi) is 4.89. The number of rotatable bonds is 5. The molecule has 2 aliphatic rings. The van der Waals surface area contributed by atoms with Crippen LogP contribution in [0.25, 0.3) is 0 Å². The van der Waals surface area contributed by atoms with E-state index < -0.39 is 0 Å². The molecular weight excluding hydrogens is 216 g/mol. The summed E-state index contributed by atoms with van der Waals surface area (Å²) in [6, 6.07) is 0.636. The average Bonchev–Trinajstić information content (AvgIpc) is 3.10. The second-order valence-corrected chi connectivity index (χ2v) is 5.73. The molecule has 0 amide bonds. The van der Waals surface area contributed by atoms with Crippen LogP contribution in [-0.2, 0) is 0 Å². The van der Waals surface area contributed by atoms with Crippen molar-refractivity contribution < 1.29 is 0 Å². The van der Waals surface area contributed by atoms with E-state index in [0.29, 0.717) is 6.04 Å². The lowest BCUT2D eigenvalue weighted by molar-refractivity contribution is 0.412. The molecule has 2 saturated carbocycles. The first-order chi connectivity index (χ1) is 7.84. The highest BCUT2D eigenvalue weighted by Gasteiger charge is 2.20. The van der Waals surface area contributed by atoms with Gasteiger partial charge in [0, 0.05) is 12.6 Å². The summed E-state index contributed by atoms with van der Waals surface area (Å²) in [4.78, 5) is 0. The summed E-state index contributed by atoms with van der Waals surface area (Å²) in [5.41, 5.74) is 0. The summed E-state index contributed by atoms with van der Waals surface area (Å²) >= 11 is 5.31. The molecule has 0 aromatic rings. The molecule has 0 bridgehead atoms. The molecule has 0 atom stereocenters. The van der Waals surface area contributed by atoms with Crippen molar-refractivity contribution in [3.8, 4) is 0 Å². The van der Waals surface area contributed by atoms with Gasteiger partial charge in [0.25, 0.3) is 0 Å². The van der Waals surface area contributed by atoms with Crippen molar-refractivity contribution in [1.29, 1.82) is 0 Å². The van der Waals surface area contributed by atoms with Gasteiger partial charge in [-0.3, -0.25) is 0 Å². The number of hydrogen-bond acceptors (Lipinski definition) is 1. The van der Waals surface area contributed by atoms with E-state index in [1.54, 1.807) is 0 Å². The van der Waals surface area contributed by atoms with Crippen molar-refractivity contribution in [2.24, 2.45) is 5.92 Å². The third kappa shape index (κ3) is 4.69. The molecule has 0 aromatic heterocycles. The number of hydrogen-bond donors (Lipinski definition) is 2. The van der Waals surface area contributed by atoms with E-state index in [1.165, 1.54) is 57.8 Å². The Balaban J connectivity index is 1.49. The normalized spacial score (nSPS) is 21.8. The molecule has 2 aliphatic carbocycles. The molecule has 0 aromatic carbocycles. The molecule has 2 rings (SSSR count). The fraction of sp³-hybridized carbons (Fsp3) is 0.923. The Bertz CT molecular complexity index is 220. The largest absolute Gasteiger partial charge is 0.363 e. The van der Waals surface area contributed by atoms with Gasteiger partial charge in [-0.2, -0.15) is 0 Å². The van der Waals surface area contributed by atoms with Crippen LogP contribution < -0.4 is 10.6 Å². The first-order valence-corrected chi connectivity index (χ1v) is 7.30. The van der Waals surface area contributed by atoms with Gasteiger partial charge in [0.1, 0.15) is 0 Å². The Morgan fingerprint density at radius 1 is 1.06 bits per heavy atom. The van der Waals surface area contributed by atoms with Crippen molar-refractivity contribution in [3.63, 3.8) is 0 Å². The summed E-state index contributed by atoms with van der Waals surface area (Å²) in [7, 11) is 0. The fourth-order valence-electron chi connectivity index (χ4n) is 2.48. The van der Waals surface area contributed by atoms with Crippen LogP contribution in [0.15, 0.2) is 0 Å². The van der Waals surface area contributed by atoms with Gasteiger partial charge < -0.3 is 10.6 Å². The zero-order chi connectivity index (χ0) is 11.2. The average molecular weight is 240 g/mol. The van der Waals surface area contributed by atoms with Gasteiger partial charge in [-0.1, -0.05) is 32.1 Å². The molecule has 3 heteroatoms. The van der Waals surface area contributed by atoms with Crippen LogP contribution in [0, 0.1) is 5.92 Å². The smallest absolute Gasteiger partial charge is 0.166 e. The minimum Gasteiger partial charge on any atom is -0.363 e. The van der Waals surface area contributed by atoms with Gasteiger partial charge >= 0.3 is 0 Å². The highest BCUT2D eigenvalue weighted by Crippen LogP contribution is 2.33. The van der Waals surface area contributed by atoms with Crippen LogP contribution >= 0.6 is 12.2 Å². The van der Waals surface area contributed by atoms with Gasteiger partial charge in [0.15, 0.2) is 5.11 Å². The number of thiocarbonyl (C=S) groups is 1. The second kappa shape index (κ2) is 6.43. The zero-order valence-electron chi connectivity index (χ0n) is 10.1. The van der Waals surface area contributed by atoms with Crippen molar-refractivity contribution in [1.82, 2.24) is 10.6 Å². The van der Waals surface area contributed by atoms with Crippen LogP contribution in [0.2, 0.25) is 0 Å². The topological polar surface area (TPSA) is 24.1 Å². The first-order valence-electron chi connectivity index (χ1n) is 6.89. The number of nitrogens with one attached hydrogen (secondary N) is 2. The lowest BCUT2D eigenvalue weighted by Gasteiger charge is -2.24. The highest BCUT2D eigenvalue weighted by atomic mass is 32.1. The molecule has 2 nitrogen and oxygen atoms in total. The maximum Gasteiger partial charge on any atom is 0.166 e. The van der Waals surface area contributed by atoms with Crippen LogP contribution in [-0.4, -0.2) is 17.7 Å². The molecule has 0 unspecified atom stereocenters. The van der Waals surface area contributed by atoms with Crippen LogP contribution in [0.5, 0.6) is 0 Å². The standard InChI is InChI=1S/C13H24N2S/c16-13(14-10-4-5-11-8-9-11)15-12-6-2-1-3-7-12/h11-12H,1-10H2,(H2,14,15,16).